The van der Waals surface area contributed by atoms with Crippen LogP contribution in [0.4, 0.5) is 13.2 Å². The van der Waals surface area contributed by atoms with Gasteiger partial charge in [-0.05, 0) is 20.9 Å². The number of hydrogen-bond acceptors (Lipinski definition) is 3. The maximum Gasteiger partial charge on any atom is 0.401 e. The van der Waals surface area contributed by atoms with Crippen LogP contribution >= 0.6 is 0 Å². The van der Waals surface area contributed by atoms with Gasteiger partial charge in [-0.1, -0.05) is 0 Å². The fraction of sp³-hybridized carbons (Fsp3) is 0.909. The van der Waals surface area contributed by atoms with Gasteiger partial charge in [0.25, 0.3) is 0 Å². The first-order valence-electron chi connectivity index (χ1n) is 5.98. The largest absolute Gasteiger partial charge is 0.401 e. The quantitative estimate of drug-likeness (QED) is 0.817. The van der Waals surface area contributed by atoms with E-state index in [2.05, 4.69) is 10.2 Å². The molecule has 4 nitrogen and oxygen atoms in total. The summed E-state index contributed by atoms with van der Waals surface area (Å²) in [4.78, 5) is 15.5. The molecule has 1 fully saturated rings. The van der Waals surface area contributed by atoms with Gasteiger partial charge in [0, 0.05) is 25.2 Å². The normalized spacial score (nSPS) is 26.4. The Morgan fingerprint density at radius 1 is 1.28 bits per heavy atom. The molecule has 1 saturated heterocycles. The van der Waals surface area contributed by atoms with Crippen molar-refractivity contribution in [3.05, 3.63) is 0 Å². The Morgan fingerprint density at radius 2 is 1.78 bits per heavy atom. The Balaban J connectivity index is 2.38. The minimum absolute atomic E-state index is 0.223. The molecule has 1 N–H and O–H groups in total. The molecule has 1 rings (SSSR count). The molecule has 0 radical (unpaired) electrons. The fourth-order valence-electron chi connectivity index (χ4n) is 2.03. The predicted molar refractivity (Wildman–Crippen MR) is 62.2 cm³/mol. The highest BCUT2D eigenvalue weighted by Gasteiger charge is 2.30. The molecule has 0 aromatic rings. The number of halogens is 3. The topological polar surface area (TPSA) is 35.6 Å². The SMILES string of the molecule is CC1CN(C(=O)CNCC(F)(F)F)CC(C)N1C. The zero-order valence-corrected chi connectivity index (χ0v) is 10.9. The number of carbonyl (C=O) groups excluding carboxylic acids is 1. The first kappa shape index (κ1) is 15.2. The molecule has 2 atom stereocenters. The molecule has 7 heteroatoms. The number of hydrogen-bond donors (Lipinski definition) is 1. The summed E-state index contributed by atoms with van der Waals surface area (Å²) < 4.78 is 35.8. The molecule has 2 unspecified atom stereocenters. The van der Waals surface area contributed by atoms with Gasteiger partial charge in [-0.2, -0.15) is 13.2 Å². The van der Waals surface area contributed by atoms with Gasteiger partial charge in [0.2, 0.25) is 5.91 Å². The number of amides is 1. The van der Waals surface area contributed by atoms with Crippen LogP contribution in [-0.4, -0.2) is 67.2 Å². The second-order valence-electron chi connectivity index (χ2n) is 4.88. The van der Waals surface area contributed by atoms with Crippen molar-refractivity contribution in [3.63, 3.8) is 0 Å². The van der Waals surface area contributed by atoms with Gasteiger partial charge in [0.05, 0.1) is 13.1 Å². The molecule has 1 aliphatic heterocycles. The van der Waals surface area contributed by atoms with Crippen LogP contribution in [0.25, 0.3) is 0 Å². The van der Waals surface area contributed by atoms with Crippen molar-refractivity contribution >= 4 is 5.91 Å². The fourth-order valence-corrected chi connectivity index (χ4v) is 2.03. The molecule has 1 amide bonds. The van der Waals surface area contributed by atoms with Crippen molar-refractivity contribution in [2.75, 3.05) is 33.2 Å². The zero-order chi connectivity index (χ0) is 13.9. The van der Waals surface area contributed by atoms with E-state index in [0.29, 0.717) is 13.1 Å². The van der Waals surface area contributed by atoms with Crippen LogP contribution in [0, 0.1) is 0 Å². The van der Waals surface area contributed by atoms with Crippen LogP contribution < -0.4 is 5.32 Å². The average Bonchev–Trinajstić information content (AvgIpc) is 2.23. The Morgan fingerprint density at radius 3 is 2.22 bits per heavy atom. The minimum Gasteiger partial charge on any atom is -0.338 e. The molecule has 0 spiro atoms. The maximum atomic E-state index is 11.9. The number of alkyl halides is 3. The van der Waals surface area contributed by atoms with E-state index in [-0.39, 0.29) is 24.5 Å². The number of rotatable bonds is 3. The molecule has 18 heavy (non-hydrogen) atoms. The van der Waals surface area contributed by atoms with E-state index in [1.165, 1.54) is 0 Å². The molecular formula is C11H20F3N3O. The van der Waals surface area contributed by atoms with Crippen molar-refractivity contribution in [1.29, 1.82) is 0 Å². The summed E-state index contributed by atoms with van der Waals surface area (Å²) in [5.41, 5.74) is 0. The Bertz CT molecular complexity index is 284. The molecule has 1 heterocycles. The summed E-state index contributed by atoms with van der Waals surface area (Å²) in [5, 5.41) is 2.13. The highest BCUT2D eigenvalue weighted by molar-refractivity contribution is 5.78. The minimum atomic E-state index is -4.27. The van der Waals surface area contributed by atoms with Crippen LogP contribution in [0.1, 0.15) is 13.8 Å². The Labute approximate surface area is 105 Å². The highest BCUT2D eigenvalue weighted by Crippen LogP contribution is 2.14. The summed E-state index contributed by atoms with van der Waals surface area (Å²) in [6.07, 6.45) is -4.27. The van der Waals surface area contributed by atoms with Crippen molar-refractivity contribution in [1.82, 2.24) is 15.1 Å². The predicted octanol–water partition coefficient (Wildman–Crippen LogP) is 0.689. The zero-order valence-electron chi connectivity index (χ0n) is 10.9. The second-order valence-corrected chi connectivity index (χ2v) is 4.88. The van der Waals surface area contributed by atoms with E-state index in [0.717, 1.165) is 0 Å². The van der Waals surface area contributed by atoms with E-state index >= 15 is 0 Å². The van der Waals surface area contributed by atoms with Crippen LogP contribution in [-0.2, 0) is 4.79 Å². The molecule has 0 saturated carbocycles. The van der Waals surface area contributed by atoms with Crippen molar-refractivity contribution in [3.8, 4) is 0 Å². The van der Waals surface area contributed by atoms with Gasteiger partial charge < -0.3 is 10.2 Å². The molecule has 106 valence electrons. The van der Waals surface area contributed by atoms with E-state index in [1.807, 2.05) is 20.9 Å². The van der Waals surface area contributed by atoms with E-state index < -0.39 is 12.7 Å². The van der Waals surface area contributed by atoms with Crippen LogP contribution in [0.3, 0.4) is 0 Å². The lowest BCUT2D eigenvalue weighted by Crippen LogP contribution is -2.57. The number of piperazine rings is 1. The standard InChI is InChI=1S/C11H20F3N3O/c1-8-5-17(6-9(2)16(8)3)10(18)4-15-7-11(12,13)14/h8-9,15H,4-7H2,1-3H3. The summed E-state index contributed by atoms with van der Waals surface area (Å²) in [7, 11) is 1.99. The molecule has 0 aromatic carbocycles. The van der Waals surface area contributed by atoms with Crippen LogP contribution in [0.2, 0.25) is 0 Å². The highest BCUT2D eigenvalue weighted by atomic mass is 19.4. The maximum absolute atomic E-state index is 11.9. The summed E-state index contributed by atoms with van der Waals surface area (Å²) in [5.74, 6) is -0.272. The lowest BCUT2D eigenvalue weighted by atomic mass is 10.1. The molecule has 0 aliphatic carbocycles. The average molecular weight is 267 g/mol. The molecule has 0 bridgehead atoms. The molecular weight excluding hydrogens is 247 g/mol. The smallest absolute Gasteiger partial charge is 0.338 e. The summed E-state index contributed by atoms with van der Waals surface area (Å²) in [6, 6.07) is 0.445. The monoisotopic (exact) mass is 267 g/mol. The lowest BCUT2D eigenvalue weighted by Gasteiger charge is -2.42. The Hall–Kier alpha value is -0.820. The first-order valence-corrected chi connectivity index (χ1v) is 5.98. The van der Waals surface area contributed by atoms with Gasteiger partial charge in [-0.25, -0.2) is 0 Å². The number of likely N-dealkylation sites (N-methyl/N-ethyl adjacent to an activating group) is 1. The first-order chi connectivity index (χ1) is 8.20. The van der Waals surface area contributed by atoms with Crippen LogP contribution in [0.15, 0.2) is 0 Å². The molecule has 0 aromatic heterocycles. The van der Waals surface area contributed by atoms with Gasteiger partial charge in [0.15, 0.2) is 0 Å². The van der Waals surface area contributed by atoms with Crippen LogP contribution in [0.5, 0.6) is 0 Å². The third kappa shape index (κ3) is 4.45. The Kier molecular flexibility index (Phi) is 4.98. The van der Waals surface area contributed by atoms with Gasteiger partial charge >= 0.3 is 6.18 Å². The second kappa shape index (κ2) is 5.88. The lowest BCUT2D eigenvalue weighted by molar-refractivity contribution is -0.137. The van der Waals surface area contributed by atoms with E-state index in [1.54, 1.807) is 4.90 Å². The third-order valence-electron chi connectivity index (χ3n) is 3.31. The third-order valence-corrected chi connectivity index (χ3v) is 3.31. The number of carbonyl (C=O) groups is 1. The van der Waals surface area contributed by atoms with Gasteiger partial charge in [-0.15, -0.1) is 0 Å². The van der Waals surface area contributed by atoms with Crippen molar-refractivity contribution in [2.24, 2.45) is 0 Å². The van der Waals surface area contributed by atoms with Gasteiger partial charge in [0.1, 0.15) is 0 Å². The molecule has 1 aliphatic rings. The number of nitrogens with one attached hydrogen (secondary N) is 1. The van der Waals surface area contributed by atoms with E-state index in [4.69, 9.17) is 0 Å². The summed E-state index contributed by atoms with van der Waals surface area (Å²) >= 11 is 0. The van der Waals surface area contributed by atoms with Crippen molar-refractivity contribution in [2.45, 2.75) is 32.1 Å². The number of nitrogens with zero attached hydrogens (tertiary/aromatic N) is 2. The van der Waals surface area contributed by atoms with E-state index in [9.17, 15) is 18.0 Å². The summed E-state index contributed by atoms with van der Waals surface area (Å²) in [6.45, 7) is 3.74. The van der Waals surface area contributed by atoms with Gasteiger partial charge in [-0.3, -0.25) is 9.69 Å². The van der Waals surface area contributed by atoms with Crippen molar-refractivity contribution < 1.29 is 18.0 Å².